The van der Waals surface area contributed by atoms with Crippen LogP contribution in [0.25, 0.3) is 0 Å². The van der Waals surface area contributed by atoms with E-state index in [0.29, 0.717) is 13.1 Å². The molecule has 0 aromatic carbocycles. The van der Waals surface area contributed by atoms with Gasteiger partial charge < -0.3 is 16.0 Å². The summed E-state index contributed by atoms with van der Waals surface area (Å²) in [7, 11) is 1.60. The second-order valence-corrected chi connectivity index (χ2v) is 5.80. The summed E-state index contributed by atoms with van der Waals surface area (Å²) >= 11 is 0. The number of rotatable bonds is 6. The van der Waals surface area contributed by atoms with Crippen molar-refractivity contribution in [3.63, 3.8) is 0 Å². The van der Waals surface area contributed by atoms with Crippen LogP contribution in [-0.2, 0) is 9.59 Å². The van der Waals surface area contributed by atoms with E-state index in [9.17, 15) is 9.59 Å². The summed E-state index contributed by atoms with van der Waals surface area (Å²) in [6, 6.07) is 0. The Hall–Kier alpha value is -1.10. The molecule has 0 aromatic heterocycles. The Morgan fingerprint density at radius 3 is 2.25 bits per heavy atom. The molecule has 2 amide bonds. The van der Waals surface area contributed by atoms with E-state index in [-0.39, 0.29) is 18.4 Å². The number of likely N-dealkylation sites (N-methyl/N-ethyl adjacent to an activating group) is 1. The van der Waals surface area contributed by atoms with E-state index in [2.05, 4.69) is 5.32 Å². The lowest BCUT2D eigenvalue weighted by Crippen LogP contribution is -2.50. The quantitative estimate of drug-likeness (QED) is 0.721. The summed E-state index contributed by atoms with van der Waals surface area (Å²) in [6.07, 6.45) is 7.04. The van der Waals surface area contributed by atoms with Crippen LogP contribution in [0.3, 0.4) is 0 Å². The summed E-state index contributed by atoms with van der Waals surface area (Å²) in [4.78, 5) is 26.2. The van der Waals surface area contributed by atoms with Crippen LogP contribution in [0.1, 0.15) is 51.9 Å². The van der Waals surface area contributed by atoms with Crippen LogP contribution >= 0.6 is 0 Å². The molecule has 1 fully saturated rings. The molecule has 116 valence electrons. The Labute approximate surface area is 122 Å². The lowest BCUT2D eigenvalue weighted by molar-refractivity contribution is -0.145. The van der Waals surface area contributed by atoms with E-state index in [1.54, 1.807) is 11.9 Å². The zero-order chi connectivity index (χ0) is 15.0. The lowest BCUT2D eigenvalue weighted by atomic mass is 9.79. The second kappa shape index (κ2) is 8.25. The van der Waals surface area contributed by atoms with Crippen LogP contribution in [0.5, 0.6) is 0 Å². The average Bonchev–Trinajstić information content (AvgIpc) is 2.72. The van der Waals surface area contributed by atoms with Crippen LogP contribution in [0, 0.1) is 5.41 Å². The molecule has 0 unspecified atom stereocenters. The van der Waals surface area contributed by atoms with Gasteiger partial charge in [0.2, 0.25) is 11.8 Å². The van der Waals surface area contributed by atoms with Gasteiger partial charge in [0.05, 0.1) is 12.0 Å². The van der Waals surface area contributed by atoms with E-state index >= 15 is 0 Å². The Bertz CT molecular complexity index is 323. The molecule has 0 heterocycles. The summed E-state index contributed by atoms with van der Waals surface area (Å²) in [5.41, 5.74) is 5.51. The van der Waals surface area contributed by atoms with Crippen molar-refractivity contribution >= 4 is 11.8 Å². The molecule has 1 saturated carbocycles. The first kappa shape index (κ1) is 17.0. The number of nitrogens with two attached hydrogens (primary N) is 1. The van der Waals surface area contributed by atoms with E-state index < -0.39 is 5.41 Å². The Balaban J connectivity index is 2.85. The van der Waals surface area contributed by atoms with Gasteiger partial charge in [-0.25, -0.2) is 0 Å². The Morgan fingerprint density at radius 2 is 1.80 bits per heavy atom. The molecule has 0 bridgehead atoms. The number of carbonyl (C=O) groups is 2. The number of carbonyl (C=O) groups excluding carboxylic acids is 2. The molecule has 0 radical (unpaired) electrons. The standard InChI is InChI=1S/C15H29N3O2/c1-3-10-18(11-13(19)17-2)14(20)15(12-16)8-6-4-5-7-9-15/h3-12,16H2,1-2H3,(H,17,19). The van der Waals surface area contributed by atoms with Crippen LogP contribution in [0.4, 0.5) is 0 Å². The molecule has 0 spiro atoms. The molecule has 0 saturated heterocycles. The van der Waals surface area contributed by atoms with Gasteiger partial charge in [-0.1, -0.05) is 32.6 Å². The minimum atomic E-state index is -0.445. The molecule has 1 aliphatic carbocycles. The normalized spacial score (nSPS) is 18.1. The highest BCUT2D eigenvalue weighted by molar-refractivity contribution is 5.88. The lowest BCUT2D eigenvalue weighted by Gasteiger charge is -2.35. The smallest absolute Gasteiger partial charge is 0.239 e. The molecule has 1 rings (SSSR count). The highest BCUT2D eigenvalue weighted by Crippen LogP contribution is 2.36. The maximum atomic E-state index is 12.9. The molecule has 0 aliphatic heterocycles. The molecule has 5 heteroatoms. The number of hydrogen-bond acceptors (Lipinski definition) is 3. The third-order valence-corrected chi connectivity index (χ3v) is 4.30. The molecular weight excluding hydrogens is 254 g/mol. The Morgan fingerprint density at radius 1 is 1.20 bits per heavy atom. The fourth-order valence-corrected chi connectivity index (χ4v) is 3.02. The van der Waals surface area contributed by atoms with Crippen molar-refractivity contribution in [3.05, 3.63) is 0 Å². The molecular formula is C15H29N3O2. The molecule has 0 aromatic rings. The minimum Gasteiger partial charge on any atom is -0.358 e. The maximum absolute atomic E-state index is 12.9. The summed E-state index contributed by atoms with van der Waals surface area (Å²) in [6.45, 7) is 3.17. The third kappa shape index (κ3) is 4.20. The first-order valence-electron chi connectivity index (χ1n) is 7.79. The average molecular weight is 283 g/mol. The van der Waals surface area contributed by atoms with E-state index in [0.717, 1.165) is 32.1 Å². The van der Waals surface area contributed by atoms with E-state index in [4.69, 9.17) is 5.73 Å². The Kier molecular flexibility index (Phi) is 6.99. The highest BCUT2D eigenvalue weighted by Gasteiger charge is 2.40. The highest BCUT2D eigenvalue weighted by atomic mass is 16.2. The fraction of sp³-hybridized carbons (Fsp3) is 0.867. The summed E-state index contributed by atoms with van der Waals surface area (Å²) < 4.78 is 0. The zero-order valence-electron chi connectivity index (χ0n) is 12.9. The van der Waals surface area contributed by atoms with Crippen molar-refractivity contribution in [1.82, 2.24) is 10.2 Å². The predicted molar refractivity (Wildman–Crippen MR) is 80.1 cm³/mol. The van der Waals surface area contributed by atoms with Crippen molar-refractivity contribution < 1.29 is 9.59 Å². The van der Waals surface area contributed by atoms with Crippen molar-refractivity contribution in [2.45, 2.75) is 51.9 Å². The summed E-state index contributed by atoms with van der Waals surface area (Å²) in [5.74, 6) is -0.0417. The van der Waals surface area contributed by atoms with Gasteiger partial charge in [0, 0.05) is 20.1 Å². The number of nitrogens with one attached hydrogen (secondary N) is 1. The number of hydrogen-bond donors (Lipinski definition) is 2. The van der Waals surface area contributed by atoms with Crippen LogP contribution < -0.4 is 11.1 Å². The predicted octanol–water partition coefficient (Wildman–Crippen LogP) is 1.27. The van der Waals surface area contributed by atoms with Gasteiger partial charge in [-0.2, -0.15) is 0 Å². The van der Waals surface area contributed by atoms with Gasteiger partial charge in [-0.15, -0.1) is 0 Å². The largest absolute Gasteiger partial charge is 0.358 e. The third-order valence-electron chi connectivity index (χ3n) is 4.30. The van der Waals surface area contributed by atoms with E-state index in [1.807, 2.05) is 6.92 Å². The molecule has 3 N–H and O–H groups in total. The van der Waals surface area contributed by atoms with Crippen molar-refractivity contribution in [3.8, 4) is 0 Å². The van der Waals surface area contributed by atoms with Crippen molar-refractivity contribution in [2.75, 3.05) is 26.7 Å². The van der Waals surface area contributed by atoms with Gasteiger partial charge in [-0.05, 0) is 19.3 Å². The van der Waals surface area contributed by atoms with Crippen LogP contribution in [-0.4, -0.2) is 43.4 Å². The monoisotopic (exact) mass is 283 g/mol. The van der Waals surface area contributed by atoms with Crippen LogP contribution in [0.15, 0.2) is 0 Å². The van der Waals surface area contributed by atoms with Crippen molar-refractivity contribution in [1.29, 1.82) is 0 Å². The number of nitrogens with zero attached hydrogens (tertiary/aromatic N) is 1. The molecule has 20 heavy (non-hydrogen) atoms. The fourth-order valence-electron chi connectivity index (χ4n) is 3.02. The van der Waals surface area contributed by atoms with Gasteiger partial charge >= 0.3 is 0 Å². The van der Waals surface area contributed by atoms with Gasteiger partial charge in [0.25, 0.3) is 0 Å². The molecule has 0 atom stereocenters. The van der Waals surface area contributed by atoms with Crippen molar-refractivity contribution in [2.24, 2.45) is 11.1 Å². The first-order valence-corrected chi connectivity index (χ1v) is 7.79. The topological polar surface area (TPSA) is 75.4 Å². The second-order valence-electron chi connectivity index (χ2n) is 5.80. The number of amides is 2. The van der Waals surface area contributed by atoms with Gasteiger partial charge in [-0.3, -0.25) is 9.59 Å². The SMILES string of the molecule is CCCN(CC(=O)NC)C(=O)C1(CN)CCCCCC1. The van der Waals surface area contributed by atoms with Gasteiger partial charge in [0.15, 0.2) is 0 Å². The van der Waals surface area contributed by atoms with E-state index in [1.165, 1.54) is 12.8 Å². The minimum absolute atomic E-state index is 0.0763. The molecule has 5 nitrogen and oxygen atoms in total. The molecule has 1 aliphatic rings. The first-order chi connectivity index (χ1) is 9.59. The summed E-state index contributed by atoms with van der Waals surface area (Å²) in [5, 5.41) is 2.59. The van der Waals surface area contributed by atoms with Gasteiger partial charge in [0.1, 0.15) is 0 Å². The zero-order valence-corrected chi connectivity index (χ0v) is 12.9. The maximum Gasteiger partial charge on any atom is 0.239 e. The van der Waals surface area contributed by atoms with Crippen LogP contribution in [0.2, 0.25) is 0 Å².